The van der Waals surface area contributed by atoms with E-state index in [1.54, 1.807) is 33.8 Å². The van der Waals surface area contributed by atoms with Crippen LogP contribution in [0.15, 0.2) is 17.7 Å². The fourth-order valence-corrected chi connectivity index (χ4v) is 4.49. The van der Waals surface area contributed by atoms with Gasteiger partial charge in [-0.25, -0.2) is 0 Å². The molecular formula is C27H34O7. The molecule has 1 aliphatic heterocycles. The predicted molar refractivity (Wildman–Crippen MR) is 127 cm³/mol. The van der Waals surface area contributed by atoms with Gasteiger partial charge in [0.05, 0.1) is 16.4 Å². The molecule has 0 spiro atoms. The maximum absolute atomic E-state index is 13.2. The lowest BCUT2D eigenvalue weighted by Gasteiger charge is -2.46. The number of ether oxygens (including phenoxy) is 3. The molecule has 1 fully saturated rings. The average Bonchev–Trinajstić information content (AvgIpc) is 2.69. The highest BCUT2D eigenvalue weighted by atomic mass is 16.5. The number of rotatable bonds is 6. The molecule has 7 nitrogen and oxygen atoms in total. The molecule has 0 aromatic heterocycles. The first-order valence-electron chi connectivity index (χ1n) is 11.7. The van der Waals surface area contributed by atoms with Crippen LogP contribution in [0.5, 0.6) is 17.2 Å². The summed E-state index contributed by atoms with van der Waals surface area (Å²) in [5, 5.41) is 0. The zero-order chi connectivity index (χ0) is 25.6. The van der Waals surface area contributed by atoms with Gasteiger partial charge in [-0.05, 0) is 45.6 Å². The van der Waals surface area contributed by atoms with Crippen molar-refractivity contribution in [3.05, 3.63) is 23.3 Å². The first-order valence-corrected chi connectivity index (χ1v) is 11.7. The first kappa shape index (κ1) is 25.7. The van der Waals surface area contributed by atoms with Gasteiger partial charge in [0.1, 0.15) is 23.4 Å². The van der Waals surface area contributed by atoms with E-state index in [4.69, 9.17) is 14.2 Å². The van der Waals surface area contributed by atoms with Crippen LogP contribution in [0.3, 0.4) is 0 Å². The number of ketones is 2. The molecule has 1 aliphatic carbocycles. The van der Waals surface area contributed by atoms with Crippen LogP contribution in [0.2, 0.25) is 0 Å². The van der Waals surface area contributed by atoms with Crippen LogP contribution in [0.1, 0.15) is 73.8 Å². The highest BCUT2D eigenvalue weighted by molar-refractivity contribution is 6.21. The number of fused-ring (bicyclic) bond motifs is 2. The third-order valence-corrected chi connectivity index (χ3v) is 6.15. The first-order chi connectivity index (χ1) is 15.6. The number of hydrogen-bond acceptors (Lipinski definition) is 7. The van der Waals surface area contributed by atoms with Gasteiger partial charge in [-0.3, -0.25) is 19.2 Å². The maximum Gasteiger partial charge on any atom is 0.311 e. The van der Waals surface area contributed by atoms with Gasteiger partial charge in [0, 0.05) is 30.5 Å². The van der Waals surface area contributed by atoms with Crippen molar-refractivity contribution in [2.75, 3.05) is 0 Å². The molecule has 0 amide bonds. The Hall–Kier alpha value is -2.96. The number of Topliss-reactive ketones (excluding diaryl/α,β-unsaturated/α-hetero) is 2. The topological polar surface area (TPSA) is 96.0 Å². The molecule has 34 heavy (non-hydrogen) atoms. The largest absolute Gasteiger partial charge is 0.484 e. The number of carbonyl (C=O) groups is 4. The number of benzene rings is 1. The normalized spacial score (nSPS) is 20.3. The fraction of sp³-hybridized carbons (Fsp3) is 0.556. The van der Waals surface area contributed by atoms with Crippen LogP contribution in [-0.2, 0) is 19.2 Å². The third kappa shape index (κ3) is 4.79. The second-order valence-electron chi connectivity index (χ2n) is 11.1. The molecule has 0 bridgehead atoms. The Morgan fingerprint density at radius 2 is 1.50 bits per heavy atom. The summed E-state index contributed by atoms with van der Waals surface area (Å²) in [6, 6.07) is 3.00. The molecule has 184 valence electrons. The van der Waals surface area contributed by atoms with Crippen molar-refractivity contribution in [2.45, 2.75) is 74.3 Å². The highest BCUT2D eigenvalue weighted by Crippen LogP contribution is 2.50. The lowest BCUT2D eigenvalue weighted by atomic mass is 9.59. The predicted octanol–water partition coefficient (Wildman–Crippen LogP) is 4.94. The van der Waals surface area contributed by atoms with Crippen molar-refractivity contribution >= 4 is 29.6 Å². The van der Waals surface area contributed by atoms with Crippen molar-refractivity contribution in [2.24, 2.45) is 22.7 Å². The van der Waals surface area contributed by atoms with E-state index in [0.717, 1.165) is 0 Å². The van der Waals surface area contributed by atoms with E-state index in [0.29, 0.717) is 11.1 Å². The molecule has 7 heteroatoms. The Labute approximate surface area is 200 Å². The van der Waals surface area contributed by atoms with Gasteiger partial charge >= 0.3 is 11.9 Å². The molecule has 0 saturated heterocycles. The second kappa shape index (κ2) is 9.01. The fourth-order valence-electron chi connectivity index (χ4n) is 4.49. The van der Waals surface area contributed by atoms with Gasteiger partial charge in [-0.2, -0.15) is 0 Å². The SMILES string of the molecule is CC(C)CC(=O)Oc1cc(OC(=O)CC(C)C)c2c(c1)OC1C(=C2)C(=O)C(C)(C)C(=O)C1(C)C. The van der Waals surface area contributed by atoms with Crippen molar-refractivity contribution < 1.29 is 33.4 Å². The summed E-state index contributed by atoms with van der Waals surface area (Å²) in [7, 11) is 0. The van der Waals surface area contributed by atoms with Crippen LogP contribution >= 0.6 is 0 Å². The molecule has 1 aromatic carbocycles. The smallest absolute Gasteiger partial charge is 0.311 e. The zero-order valence-electron chi connectivity index (χ0n) is 21.2. The van der Waals surface area contributed by atoms with Crippen molar-refractivity contribution in [3.8, 4) is 17.2 Å². The summed E-state index contributed by atoms with van der Waals surface area (Å²) in [4.78, 5) is 51.1. The van der Waals surface area contributed by atoms with Gasteiger partial charge in [0.2, 0.25) is 0 Å². The molecule has 1 unspecified atom stereocenters. The molecule has 1 saturated carbocycles. The zero-order valence-corrected chi connectivity index (χ0v) is 21.2. The van der Waals surface area contributed by atoms with Gasteiger partial charge in [-0.1, -0.05) is 27.7 Å². The van der Waals surface area contributed by atoms with E-state index in [-0.39, 0.29) is 53.5 Å². The highest BCUT2D eigenvalue weighted by Gasteiger charge is 2.58. The summed E-state index contributed by atoms with van der Waals surface area (Å²) in [6.45, 7) is 14.4. The maximum atomic E-state index is 13.2. The monoisotopic (exact) mass is 470 g/mol. The second-order valence-corrected chi connectivity index (χ2v) is 11.1. The summed E-state index contributed by atoms with van der Waals surface area (Å²) in [5.41, 5.74) is -1.41. The Bertz CT molecular complexity index is 1070. The molecular weight excluding hydrogens is 436 g/mol. The number of hydrogen-bond donors (Lipinski definition) is 0. The van der Waals surface area contributed by atoms with Gasteiger partial charge < -0.3 is 14.2 Å². The molecule has 3 rings (SSSR count). The minimum atomic E-state index is -1.20. The van der Waals surface area contributed by atoms with E-state index >= 15 is 0 Å². The van der Waals surface area contributed by atoms with E-state index in [9.17, 15) is 19.2 Å². The lowest BCUT2D eigenvalue weighted by Crippen LogP contribution is -2.58. The molecule has 0 radical (unpaired) electrons. The van der Waals surface area contributed by atoms with Gasteiger partial charge in [-0.15, -0.1) is 0 Å². The summed E-state index contributed by atoms with van der Waals surface area (Å²) >= 11 is 0. The molecule has 1 heterocycles. The van der Waals surface area contributed by atoms with Gasteiger partial charge in [0.25, 0.3) is 0 Å². The van der Waals surface area contributed by atoms with Crippen LogP contribution in [0.25, 0.3) is 6.08 Å². The van der Waals surface area contributed by atoms with E-state index in [2.05, 4.69) is 0 Å². The molecule has 0 N–H and O–H groups in total. The quantitative estimate of drug-likeness (QED) is 0.330. The van der Waals surface area contributed by atoms with Crippen molar-refractivity contribution in [1.82, 2.24) is 0 Å². The summed E-state index contributed by atoms with van der Waals surface area (Å²) in [6.07, 6.45) is 1.24. The van der Waals surface area contributed by atoms with Crippen LogP contribution in [0.4, 0.5) is 0 Å². The van der Waals surface area contributed by atoms with E-state index in [1.807, 2.05) is 27.7 Å². The molecule has 1 aromatic rings. The van der Waals surface area contributed by atoms with Crippen LogP contribution < -0.4 is 14.2 Å². The minimum absolute atomic E-state index is 0.0851. The lowest BCUT2D eigenvalue weighted by molar-refractivity contribution is -0.151. The summed E-state index contributed by atoms with van der Waals surface area (Å²) in [5.74, 6) is -0.620. The van der Waals surface area contributed by atoms with Gasteiger partial charge in [0.15, 0.2) is 11.6 Å². The molecule has 1 atom stereocenters. The Balaban J connectivity index is 2.11. The van der Waals surface area contributed by atoms with E-state index < -0.39 is 28.9 Å². The molecule has 2 aliphatic rings. The summed E-state index contributed by atoms with van der Waals surface area (Å²) < 4.78 is 17.3. The standard InChI is InChI=1S/C27H34O7/c1-14(2)9-21(28)32-16-11-19(33-22(29)10-15(3)4)17-13-18-23(30)26(5,6)25(31)27(7,8)24(18)34-20(17)12-16/h11-15,24H,9-10H2,1-8H3. The third-order valence-electron chi connectivity index (χ3n) is 6.15. The Morgan fingerprint density at radius 1 is 0.941 bits per heavy atom. The Morgan fingerprint density at radius 3 is 2.06 bits per heavy atom. The van der Waals surface area contributed by atoms with Crippen molar-refractivity contribution in [3.63, 3.8) is 0 Å². The Kier molecular flexibility index (Phi) is 6.80. The van der Waals surface area contributed by atoms with Crippen LogP contribution in [0, 0.1) is 22.7 Å². The van der Waals surface area contributed by atoms with Crippen molar-refractivity contribution in [1.29, 1.82) is 0 Å². The number of carbonyl (C=O) groups excluding carboxylic acids is 4. The van der Waals surface area contributed by atoms with Crippen LogP contribution in [-0.4, -0.2) is 29.6 Å². The number of esters is 2. The minimum Gasteiger partial charge on any atom is -0.484 e. The average molecular weight is 471 g/mol. The van der Waals surface area contributed by atoms with E-state index in [1.165, 1.54) is 12.1 Å².